The number of aryl methyl sites for hydroxylation is 1. The summed E-state index contributed by atoms with van der Waals surface area (Å²) in [4.78, 5) is 10.3. The maximum atomic E-state index is 4.55. The van der Waals surface area contributed by atoms with E-state index in [-0.39, 0.29) is 0 Å². The van der Waals surface area contributed by atoms with Crippen molar-refractivity contribution < 1.29 is 0 Å². The second kappa shape index (κ2) is 5.50. The normalized spacial score (nSPS) is 10.9. The van der Waals surface area contributed by atoms with Gasteiger partial charge in [-0.25, -0.2) is 9.97 Å². The summed E-state index contributed by atoms with van der Waals surface area (Å²) in [5, 5.41) is 8.61. The van der Waals surface area contributed by atoms with Gasteiger partial charge in [0.05, 0.1) is 12.7 Å². The van der Waals surface area contributed by atoms with Gasteiger partial charge in [-0.1, -0.05) is 6.92 Å². The number of anilines is 2. The molecule has 3 rings (SSSR count). The molecule has 0 amide bonds. The van der Waals surface area contributed by atoms with Crippen LogP contribution in [0.2, 0.25) is 0 Å². The number of fused-ring (bicyclic) bond motifs is 1. The Morgan fingerprint density at radius 1 is 1.40 bits per heavy atom. The zero-order valence-corrected chi connectivity index (χ0v) is 12.4. The Bertz CT molecular complexity index is 715. The van der Waals surface area contributed by atoms with Crippen molar-refractivity contribution in [3.8, 4) is 0 Å². The Morgan fingerprint density at radius 2 is 2.30 bits per heavy atom. The molecule has 6 heteroatoms. The maximum Gasteiger partial charge on any atom is 0.180 e. The zero-order valence-electron chi connectivity index (χ0n) is 11.6. The minimum Gasteiger partial charge on any atom is -0.372 e. The van der Waals surface area contributed by atoms with Crippen LogP contribution in [-0.2, 0) is 13.0 Å². The van der Waals surface area contributed by atoms with Gasteiger partial charge in [-0.2, -0.15) is 0 Å². The maximum absolute atomic E-state index is 4.55. The predicted octanol–water partition coefficient (Wildman–Crippen LogP) is 3.01. The highest BCUT2D eigenvalue weighted by molar-refractivity contribution is 7.10. The van der Waals surface area contributed by atoms with Crippen LogP contribution in [0, 0.1) is 0 Å². The van der Waals surface area contributed by atoms with Gasteiger partial charge in [-0.15, -0.1) is 11.3 Å². The molecule has 0 radical (unpaired) electrons. The highest BCUT2D eigenvalue weighted by atomic mass is 32.1. The summed E-state index contributed by atoms with van der Waals surface area (Å²) in [6, 6.07) is 2.18. The number of nitrogens with one attached hydrogen (secondary N) is 2. The first-order valence-corrected chi connectivity index (χ1v) is 7.50. The summed E-state index contributed by atoms with van der Waals surface area (Å²) in [5.74, 6) is 1.62. The van der Waals surface area contributed by atoms with E-state index in [1.807, 2.05) is 23.8 Å². The van der Waals surface area contributed by atoms with Gasteiger partial charge in [0, 0.05) is 24.3 Å². The molecule has 0 aliphatic carbocycles. The van der Waals surface area contributed by atoms with Gasteiger partial charge >= 0.3 is 0 Å². The fraction of sp³-hybridized carbons (Fsp3) is 0.286. The van der Waals surface area contributed by atoms with Crippen LogP contribution in [-0.4, -0.2) is 21.4 Å². The van der Waals surface area contributed by atoms with E-state index >= 15 is 0 Å². The van der Waals surface area contributed by atoms with Crippen LogP contribution in [0.5, 0.6) is 0 Å². The lowest BCUT2D eigenvalue weighted by Crippen LogP contribution is -2.06. The minimum absolute atomic E-state index is 0.781. The first-order valence-electron chi connectivity index (χ1n) is 6.62. The topological polar surface area (TPSA) is 54.2 Å². The molecule has 0 aliphatic heterocycles. The van der Waals surface area contributed by atoms with Crippen molar-refractivity contribution in [2.75, 3.05) is 17.7 Å². The highest BCUT2D eigenvalue weighted by Gasteiger charge is 2.08. The number of rotatable bonds is 5. The van der Waals surface area contributed by atoms with Gasteiger partial charge in [0.2, 0.25) is 0 Å². The summed E-state index contributed by atoms with van der Waals surface area (Å²) in [6.07, 6.45) is 6.69. The standard InChI is InChI=1S/C14H17N5S/c1-3-10-4-7-20-11(10)8-17-13-14-16-5-6-19(14)9-12(15-2)18-13/h4-7,9,15H,3,8H2,1-2H3,(H,17,18). The summed E-state index contributed by atoms with van der Waals surface area (Å²) >= 11 is 1.78. The van der Waals surface area contributed by atoms with Gasteiger partial charge in [0.25, 0.3) is 0 Å². The molecule has 20 heavy (non-hydrogen) atoms. The van der Waals surface area contributed by atoms with E-state index in [4.69, 9.17) is 0 Å². The molecule has 3 aromatic heterocycles. The Balaban J connectivity index is 1.88. The Labute approximate surface area is 121 Å². The lowest BCUT2D eigenvalue weighted by atomic mass is 10.2. The molecule has 104 valence electrons. The second-order valence-corrected chi connectivity index (χ2v) is 5.46. The van der Waals surface area contributed by atoms with E-state index in [0.29, 0.717) is 0 Å². The van der Waals surface area contributed by atoms with Crippen molar-refractivity contribution in [3.05, 3.63) is 40.5 Å². The van der Waals surface area contributed by atoms with Crippen molar-refractivity contribution in [3.63, 3.8) is 0 Å². The fourth-order valence-electron chi connectivity index (χ4n) is 2.17. The van der Waals surface area contributed by atoms with Gasteiger partial charge < -0.3 is 15.0 Å². The molecule has 0 spiro atoms. The highest BCUT2D eigenvalue weighted by Crippen LogP contribution is 2.21. The van der Waals surface area contributed by atoms with E-state index in [0.717, 1.165) is 30.2 Å². The van der Waals surface area contributed by atoms with Crippen molar-refractivity contribution in [1.82, 2.24) is 14.4 Å². The number of thiophene rings is 1. The summed E-state index contributed by atoms with van der Waals surface area (Å²) in [7, 11) is 1.86. The van der Waals surface area contributed by atoms with Crippen LogP contribution in [0.15, 0.2) is 30.0 Å². The molecular formula is C14H17N5S. The molecule has 0 saturated carbocycles. The predicted molar refractivity (Wildman–Crippen MR) is 83.6 cm³/mol. The SMILES string of the molecule is CCc1ccsc1CNc1nc(NC)cn2ccnc12. The molecule has 0 bridgehead atoms. The number of hydrogen-bond acceptors (Lipinski definition) is 5. The van der Waals surface area contributed by atoms with Crippen molar-refractivity contribution in [2.24, 2.45) is 0 Å². The zero-order chi connectivity index (χ0) is 13.9. The van der Waals surface area contributed by atoms with Crippen LogP contribution < -0.4 is 10.6 Å². The number of aromatic nitrogens is 3. The van der Waals surface area contributed by atoms with Crippen LogP contribution in [0.3, 0.4) is 0 Å². The fourth-order valence-corrected chi connectivity index (χ4v) is 3.09. The first kappa shape index (κ1) is 12.9. The van der Waals surface area contributed by atoms with Gasteiger partial charge in [0.1, 0.15) is 5.82 Å². The molecule has 3 heterocycles. The lowest BCUT2D eigenvalue weighted by molar-refractivity contribution is 1.05. The Hall–Kier alpha value is -2.08. The molecule has 0 aliphatic rings. The number of hydrogen-bond donors (Lipinski definition) is 2. The van der Waals surface area contributed by atoms with Gasteiger partial charge in [0.15, 0.2) is 11.5 Å². The van der Waals surface area contributed by atoms with Crippen LogP contribution in [0.25, 0.3) is 5.65 Å². The Kier molecular flexibility index (Phi) is 3.56. The molecule has 2 N–H and O–H groups in total. The van der Waals surface area contributed by atoms with Gasteiger partial charge in [-0.05, 0) is 23.4 Å². The minimum atomic E-state index is 0.781. The monoisotopic (exact) mass is 287 g/mol. The van der Waals surface area contributed by atoms with E-state index in [2.05, 4.69) is 39.0 Å². The molecule has 0 fully saturated rings. The van der Waals surface area contributed by atoms with E-state index in [1.165, 1.54) is 10.4 Å². The smallest absolute Gasteiger partial charge is 0.180 e. The third-order valence-corrected chi connectivity index (χ3v) is 4.23. The molecule has 0 aromatic carbocycles. The second-order valence-electron chi connectivity index (χ2n) is 4.46. The molecule has 5 nitrogen and oxygen atoms in total. The lowest BCUT2D eigenvalue weighted by Gasteiger charge is -2.09. The molecule has 0 unspecified atom stereocenters. The van der Waals surface area contributed by atoms with E-state index in [1.54, 1.807) is 17.5 Å². The Morgan fingerprint density at radius 3 is 3.10 bits per heavy atom. The first-order chi connectivity index (χ1) is 9.81. The molecule has 3 aromatic rings. The summed E-state index contributed by atoms with van der Waals surface area (Å²) < 4.78 is 1.97. The van der Waals surface area contributed by atoms with E-state index < -0.39 is 0 Å². The summed E-state index contributed by atoms with van der Waals surface area (Å²) in [6.45, 7) is 2.96. The average molecular weight is 287 g/mol. The van der Waals surface area contributed by atoms with Crippen LogP contribution >= 0.6 is 11.3 Å². The molecule has 0 atom stereocenters. The number of imidazole rings is 1. The molecule has 0 saturated heterocycles. The van der Waals surface area contributed by atoms with E-state index in [9.17, 15) is 0 Å². The third kappa shape index (κ3) is 2.34. The quantitative estimate of drug-likeness (QED) is 0.757. The van der Waals surface area contributed by atoms with Crippen molar-refractivity contribution >= 4 is 28.6 Å². The number of nitrogens with zero attached hydrogens (tertiary/aromatic N) is 3. The average Bonchev–Trinajstić information content (AvgIpc) is 3.12. The third-order valence-electron chi connectivity index (χ3n) is 3.27. The molecular weight excluding hydrogens is 270 g/mol. The van der Waals surface area contributed by atoms with Crippen LogP contribution in [0.4, 0.5) is 11.6 Å². The van der Waals surface area contributed by atoms with Gasteiger partial charge in [-0.3, -0.25) is 0 Å². The van der Waals surface area contributed by atoms with Crippen LogP contribution in [0.1, 0.15) is 17.4 Å². The van der Waals surface area contributed by atoms with Crippen molar-refractivity contribution in [2.45, 2.75) is 19.9 Å². The van der Waals surface area contributed by atoms with Crippen molar-refractivity contribution in [1.29, 1.82) is 0 Å². The summed E-state index contributed by atoms with van der Waals surface area (Å²) in [5.41, 5.74) is 2.24. The largest absolute Gasteiger partial charge is 0.372 e.